The Hall–Kier alpha value is -2.93. The zero-order chi connectivity index (χ0) is 23.5. The van der Waals surface area contributed by atoms with Crippen LogP contribution in [0, 0.1) is 6.92 Å². The second kappa shape index (κ2) is 9.69. The van der Waals surface area contributed by atoms with Crippen molar-refractivity contribution in [2.75, 3.05) is 7.05 Å². The molecule has 0 aromatic carbocycles. The minimum atomic E-state index is -0.256. The van der Waals surface area contributed by atoms with Crippen LogP contribution in [0.2, 0.25) is 0 Å². The first-order valence-electron chi connectivity index (χ1n) is 9.86. The van der Waals surface area contributed by atoms with Crippen molar-refractivity contribution < 1.29 is 4.79 Å². The number of aromatic nitrogens is 4. The molecule has 3 rings (SSSR count). The molecule has 32 heavy (non-hydrogen) atoms. The molecule has 2 N–H and O–H groups in total. The summed E-state index contributed by atoms with van der Waals surface area (Å²) in [7, 11) is 1.87. The average Bonchev–Trinajstić information content (AvgIpc) is 3.36. The molecule has 2 aromatic heterocycles. The van der Waals surface area contributed by atoms with Crippen molar-refractivity contribution in [3.8, 4) is 5.69 Å². The number of pyridine rings is 1. The van der Waals surface area contributed by atoms with Gasteiger partial charge in [0.25, 0.3) is 5.91 Å². The summed E-state index contributed by atoms with van der Waals surface area (Å²) in [4.78, 5) is 24.9. The molecular formula is C21H26IN9O. The summed E-state index contributed by atoms with van der Waals surface area (Å²) in [5.74, 6) is 0.443. The van der Waals surface area contributed by atoms with Gasteiger partial charge in [-0.05, 0) is 52.1 Å². The minimum Gasteiger partial charge on any atom is -0.307 e. The van der Waals surface area contributed by atoms with Gasteiger partial charge in [0.1, 0.15) is 17.9 Å². The molecule has 3 heterocycles. The fraction of sp³-hybridized carbons (Fsp3) is 0.333. The summed E-state index contributed by atoms with van der Waals surface area (Å²) < 4.78 is 1.58. The Bertz CT molecular complexity index is 1110. The van der Waals surface area contributed by atoms with Crippen LogP contribution in [-0.4, -0.2) is 60.5 Å². The third kappa shape index (κ3) is 5.46. The highest BCUT2D eigenvalue weighted by Gasteiger charge is 2.32. The fourth-order valence-corrected chi connectivity index (χ4v) is 3.27. The summed E-state index contributed by atoms with van der Waals surface area (Å²) in [6.45, 7) is 11.3. The number of aliphatic imine (C=N–C) groups is 2. The molecule has 168 valence electrons. The van der Waals surface area contributed by atoms with Gasteiger partial charge in [0.15, 0.2) is 0 Å². The van der Waals surface area contributed by atoms with Crippen LogP contribution >= 0.6 is 22.6 Å². The first kappa shape index (κ1) is 23.7. The molecule has 1 atom stereocenters. The van der Waals surface area contributed by atoms with E-state index in [0.29, 0.717) is 22.8 Å². The van der Waals surface area contributed by atoms with Crippen molar-refractivity contribution in [2.45, 2.75) is 37.2 Å². The maximum atomic E-state index is 12.9. The third-order valence-corrected chi connectivity index (χ3v) is 5.55. The number of hydrogen-bond acceptors (Lipinski definition) is 7. The van der Waals surface area contributed by atoms with Gasteiger partial charge in [-0.15, -0.1) is 5.10 Å². The molecule has 0 unspecified atom stereocenters. The highest BCUT2D eigenvalue weighted by molar-refractivity contribution is 14.1. The van der Waals surface area contributed by atoms with E-state index in [0.717, 1.165) is 11.3 Å². The Balaban J connectivity index is 1.82. The van der Waals surface area contributed by atoms with Crippen LogP contribution in [0.5, 0.6) is 0 Å². The molecule has 1 aliphatic rings. The molecule has 0 bridgehead atoms. The van der Waals surface area contributed by atoms with Crippen LogP contribution in [0.15, 0.2) is 46.5 Å². The second-order valence-corrected chi connectivity index (χ2v) is 10.7. The van der Waals surface area contributed by atoms with Crippen LogP contribution in [0.4, 0.5) is 0 Å². The van der Waals surface area contributed by atoms with Crippen LogP contribution in [0.3, 0.4) is 0 Å². The van der Waals surface area contributed by atoms with E-state index >= 15 is 0 Å². The lowest BCUT2D eigenvalue weighted by Crippen LogP contribution is -2.44. The van der Waals surface area contributed by atoms with E-state index in [1.165, 1.54) is 6.34 Å². The van der Waals surface area contributed by atoms with Crippen LogP contribution < -0.4 is 10.7 Å². The van der Waals surface area contributed by atoms with Gasteiger partial charge in [-0.2, -0.15) is 0 Å². The number of carbonyl (C=O) groups is 1. The van der Waals surface area contributed by atoms with Crippen LogP contribution in [-0.2, 0) is 0 Å². The molecule has 1 aliphatic heterocycles. The van der Waals surface area contributed by atoms with E-state index in [9.17, 15) is 4.79 Å². The predicted molar refractivity (Wildman–Crippen MR) is 134 cm³/mol. The van der Waals surface area contributed by atoms with Gasteiger partial charge in [0, 0.05) is 22.9 Å². The van der Waals surface area contributed by atoms with E-state index in [1.54, 1.807) is 29.3 Å². The summed E-state index contributed by atoms with van der Waals surface area (Å²) in [5.41, 5.74) is 6.60. The lowest BCUT2D eigenvalue weighted by molar-refractivity contribution is 0.0950. The Kier molecular flexibility index (Phi) is 7.19. The zero-order valence-electron chi connectivity index (χ0n) is 18.7. The Morgan fingerprint density at radius 1 is 1.44 bits per heavy atom. The van der Waals surface area contributed by atoms with Crippen LogP contribution in [0.1, 0.15) is 42.5 Å². The van der Waals surface area contributed by atoms with E-state index in [4.69, 9.17) is 0 Å². The molecule has 0 saturated heterocycles. The molecule has 1 amide bonds. The van der Waals surface area contributed by atoms with Gasteiger partial charge in [0.2, 0.25) is 0 Å². The van der Waals surface area contributed by atoms with Crippen LogP contribution in [0.25, 0.3) is 11.3 Å². The molecule has 0 fully saturated rings. The van der Waals surface area contributed by atoms with Gasteiger partial charge in [-0.25, -0.2) is 15.1 Å². The van der Waals surface area contributed by atoms with E-state index in [2.05, 4.69) is 79.2 Å². The summed E-state index contributed by atoms with van der Waals surface area (Å²) in [6.07, 6.45) is 8.30. The highest BCUT2D eigenvalue weighted by atomic mass is 127. The van der Waals surface area contributed by atoms with E-state index in [1.807, 2.05) is 32.0 Å². The van der Waals surface area contributed by atoms with Gasteiger partial charge >= 0.3 is 0 Å². The molecular weight excluding hydrogens is 521 g/mol. The van der Waals surface area contributed by atoms with Crippen molar-refractivity contribution in [2.24, 2.45) is 9.98 Å². The maximum absolute atomic E-state index is 12.9. The molecule has 0 radical (unpaired) electrons. The SMILES string of the molecule is C=NC=N/C=C(\C)c1cn(-c2cc(C(=O)NC3=C[C@@H](C(C)(C)I)NN3C)cnc2C)nn1. The van der Waals surface area contributed by atoms with Crippen molar-refractivity contribution in [3.63, 3.8) is 0 Å². The Morgan fingerprint density at radius 3 is 2.84 bits per heavy atom. The molecule has 10 nitrogen and oxygen atoms in total. The quantitative estimate of drug-likeness (QED) is 0.239. The molecule has 11 heteroatoms. The van der Waals surface area contributed by atoms with Crippen molar-refractivity contribution in [1.82, 2.24) is 35.7 Å². The number of hydrazine groups is 1. The number of rotatable bonds is 7. The fourth-order valence-electron chi connectivity index (χ4n) is 2.95. The largest absolute Gasteiger partial charge is 0.307 e. The number of amides is 1. The number of hydrogen-bond donors (Lipinski definition) is 2. The molecule has 0 aliphatic carbocycles. The van der Waals surface area contributed by atoms with Gasteiger partial charge in [-0.1, -0.05) is 27.8 Å². The molecule has 0 spiro atoms. The monoisotopic (exact) mass is 547 g/mol. The number of nitrogens with zero attached hydrogens (tertiary/aromatic N) is 7. The molecule has 0 saturated carbocycles. The number of aryl methyl sites for hydroxylation is 1. The van der Waals surface area contributed by atoms with Crippen molar-refractivity contribution in [3.05, 3.63) is 53.5 Å². The Morgan fingerprint density at radius 2 is 2.19 bits per heavy atom. The number of alkyl halides is 1. The summed E-state index contributed by atoms with van der Waals surface area (Å²) in [5, 5.41) is 13.1. The van der Waals surface area contributed by atoms with E-state index < -0.39 is 0 Å². The topological polar surface area (TPSA) is 113 Å². The number of allylic oxidation sites excluding steroid dienone is 1. The molecule has 2 aromatic rings. The second-order valence-electron chi connectivity index (χ2n) is 7.87. The summed E-state index contributed by atoms with van der Waals surface area (Å²) >= 11 is 2.38. The van der Waals surface area contributed by atoms with Crippen molar-refractivity contribution >= 4 is 47.1 Å². The Labute approximate surface area is 200 Å². The average molecular weight is 547 g/mol. The smallest absolute Gasteiger partial charge is 0.258 e. The lowest BCUT2D eigenvalue weighted by atomic mass is 10.1. The number of halogens is 1. The zero-order valence-corrected chi connectivity index (χ0v) is 20.8. The first-order valence-corrected chi connectivity index (χ1v) is 10.9. The number of carbonyl (C=O) groups excluding carboxylic acids is 1. The van der Waals surface area contributed by atoms with Gasteiger partial charge in [0.05, 0.1) is 29.2 Å². The third-order valence-electron chi connectivity index (χ3n) is 4.88. The lowest BCUT2D eigenvalue weighted by Gasteiger charge is -2.25. The number of nitrogens with one attached hydrogen (secondary N) is 2. The highest BCUT2D eigenvalue weighted by Crippen LogP contribution is 2.27. The standard InChI is InChI=1S/C21H26IN9O/c1-13(9-24-12-23-5)16-11-31(29-27-16)17-7-15(10-25-14(17)2)20(32)26-19-8-18(21(3,4)22)28-30(19)6/h7-12,18,28H,5H2,1-4,6H3,(H,26,32)/b13-9+,24-12?/t18-/m0/s1. The minimum absolute atomic E-state index is 0.0119. The summed E-state index contributed by atoms with van der Waals surface area (Å²) in [6, 6.07) is 1.85. The van der Waals surface area contributed by atoms with Crippen molar-refractivity contribution in [1.29, 1.82) is 0 Å². The van der Waals surface area contributed by atoms with Gasteiger partial charge in [-0.3, -0.25) is 19.8 Å². The maximum Gasteiger partial charge on any atom is 0.258 e. The predicted octanol–water partition coefficient (Wildman–Crippen LogP) is 2.66. The normalized spacial score (nSPS) is 17.1. The van der Waals surface area contributed by atoms with Gasteiger partial charge < -0.3 is 5.32 Å². The van der Waals surface area contributed by atoms with E-state index in [-0.39, 0.29) is 15.4 Å². The first-order chi connectivity index (χ1) is 15.1.